The van der Waals surface area contributed by atoms with Crippen LogP contribution in [0, 0.1) is 0 Å². The van der Waals surface area contributed by atoms with E-state index in [0.29, 0.717) is 26.4 Å². The van der Waals surface area contributed by atoms with Gasteiger partial charge >= 0.3 is 0 Å². The van der Waals surface area contributed by atoms with Crippen molar-refractivity contribution in [1.82, 2.24) is 5.32 Å². The Labute approximate surface area is 111 Å². The molecule has 18 heavy (non-hydrogen) atoms. The predicted octanol–water partition coefficient (Wildman–Crippen LogP) is 1.26. The van der Waals surface area contributed by atoms with E-state index in [1.807, 2.05) is 20.9 Å². The first-order chi connectivity index (χ1) is 8.91. The lowest BCUT2D eigenvalue weighted by molar-refractivity contribution is -0.112. The zero-order valence-electron chi connectivity index (χ0n) is 12.1. The Bertz CT molecular complexity index is 145. The molecule has 1 N–H and O–H groups in total. The molecule has 0 aliphatic carbocycles. The quantitative estimate of drug-likeness (QED) is 0.400. The Kier molecular flexibility index (Phi) is 24.0. The highest BCUT2D eigenvalue weighted by atomic mass is 16.5. The summed E-state index contributed by atoms with van der Waals surface area (Å²) < 4.78 is 15.5. The summed E-state index contributed by atoms with van der Waals surface area (Å²) in [4.78, 5) is 9.90. The van der Waals surface area contributed by atoms with Gasteiger partial charge in [0.2, 0.25) is 0 Å². The SMILES string of the molecule is CC.CNCCCCOCCOCCOCC=O. The average molecular weight is 263 g/mol. The van der Waals surface area contributed by atoms with Crippen molar-refractivity contribution < 1.29 is 19.0 Å². The molecule has 0 aromatic heterocycles. The molecule has 0 atom stereocenters. The van der Waals surface area contributed by atoms with Crippen LogP contribution in [0.3, 0.4) is 0 Å². The van der Waals surface area contributed by atoms with Crippen LogP contribution in [-0.4, -0.2) is 59.5 Å². The van der Waals surface area contributed by atoms with Crippen molar-refractivity contribution in [2.45, 2.75) is 26.7 Å². The molecule has 0 radical (unpaired) electrons. The third kappa shape index (κ3) is 20.9. The molecule has 0 rings (SSSR count). The summed E-state index contributed by atoms with van der Waals surface area (Å²) in [6.07, 6.45) is 2.94. The number of ether oxygens (including phenoxy) is 3. The van der Waals surface area contributed by atoms with Gasteiger partial charge in [-0.05, 0) is 26.4 Å². The van der Waals surface area contributed by atoms with Crippen LogP contribution in [0.1, 0.15) is 26.7 Å². The third-order valence-electron chi connectivity index (χ3n) is 1.90. The van der Waals surface area contributed by atoms with E-state index >= 15 is 0 Å². The molecule has 110 valence electrons. The van der Waals surface area contributed by atoms with Gasteiger partial charge in [-0.15, -0.1) is 0 Å². The normalized spacial score (nSPS) is 9.72. The van der Waals surface area contributed by atoms with Crippen molar-refractivity contribution in [3.63, 3.8) is 0 Å². The van der Waals surface area contributed by atoms with Crippen molar-refractivity contribution in [2.75, 3.05) is 53.2 Å². The van der Waals surface area contributed by atoms with E-state index in [9.17, 15) is 4.79 Å². The number of hydrogen-bond donors (Lipinski definition) is 1. The maximum absolute atomic E-state index is 9.90. The molecule has 5 nitrogen and oxygen atoms in total. The highest BCUT2D eigenvalue weighted by Gasteiger charge is 1.91. The van der Waals surface area contributed by atoms with Crippen LogP contribution in [0.25, 0.3) is 0 Å². The highest BCUT2D eigenvalue weighted by Crippen LogP contribution is 1.88. The van der Waals surface area contributed by atoms with E-state index in [1.54, 1.807) is 0 Å². The van der Waals surface area contributed by atoms with Gasteiger partial charge in [-0.25, -0.2) is 0 Å². The van der Waals surface area contributed by atoms with Gasteiger partial charge in [-0.1, -0.05) is 13.8 Å². The summed E-state index contributed by atoms with van der Waals surface area (Å²) in [6.45, 7) is 8.13. The molecule has 0 aliphatic rings. The molecule has 0 heterocycles. The number of hydrogen-bond acceptors (Lipinski definition) is 5. The fourth-order valence-corrected chi connectivity index (χ4v) is 1.08. The second-order valence-electron chi connectivity index (χ2n) is 3.28. The van der Waals surface area contributed by atoms with Crippen molar-refractivity contribution in [3.8, 4) is 0 Å². The number of carbonyl (C=O) groups excluding carboxylic acids is 1. The number of nitrogens with one attached hydrogen (secondary N) is 1. The highest BCUT2D eigenvalue weighted by molar-refractivity contribution is 5.50. The summed E-state index contributed by atoms with van der Waals surface area (Å²) in [5, 5.41) is 3.08. The van der Waals surface area contributed by atoms with E-state index in [0.717, 1.165) is 32.3 Å². The summed E-state index contributed by atoms with van der Waals surface area (Å²) in [6, 6.07) is 0. The predicted molar refractivity (Wildman–Crippen MR) is 73.0 cm³/mol. The van der Waals surface area contributed by atoms with E-state index in [2.05, 4.69) is 5.32 Å². The van der Waals surface area contributed by atoms with Gasteiger partial charge in [-0.2, -0.15) is 0 Å². The lowest BCUT2D eigenvalue weighted by atomic mass is 10.3. The molecule has 0 amide bonds. The second kappa shape index (κ2) is 21.8. The fourth-order valence-electron chi connectivity index (χ4n) is 1.08. The summed E-state index contributed by atoms with van der Waals surface area (Å²) in [7, 11) is 1.95. The molecule has 0 aromatic carbocycles. The van der Waals surface area contributed by atoms with Gasteiger partial charge in [0.15, 0.2) is 0 Å². The molecule has 0 fully saturated rings. The average Bonchev–Trinajstić information content (AvgIpc) is 2.42. The molecule has 0 aliphatic heterocycles. The van der Waals surface area contributed by atoms with Crippen LogP contribution in [0.5, 0.6) is 0 Å². The van der Waals surface area contributed by atoms with Gasteiger partial charge in [-0.3, -0.25) is 0 Å². The lowest BCUT2D eigenvalue weighted by Gasteiger charge is -2.05. The molecule has 0 saturated heterocycles. The van der Waals surface area contributed by atoms with Crippen molar-refractivity contribution in [3.05, 3.63) is 0 Å². The summed E-state index contributed by atoms with van der Waals surface area (Å²) in [5.74, 6) is 0. The summed E-state index contributed by atoms with van der Waals surface area (Å²) >= 11 is 0. The van der Waals surface area contributed by atoms with E-state index in [-0.39, 0.29) is 6.61 Å². The Morgan fingerprint density at radius 3 is 2.00 bits per heavy atom. The van der Waals surface area contributed by atoms with Crippen LogP contribution in [0.4, 0.5) is 0 Å². The van der Waals surface area contributed by atoms with Gasteiger partial charge in [0.25, 0.3) is 0 Å². The Hall–Kier alpha value is -0.490. The lowest BCUT2D eigenvalue weighted by Crippen LogP contribution is -2.11. The maximum Gasteiger partial charge on any atom is 0.145 e. The topological polar surface area (TPSA) is 56.8 Å². The monoisotopic (exact) mass is 263 g/mol. The Morgan fingerprint density at radius 2 is 1.44 bits per heavy atom. The van der Waals surface area contributed by atoms with Crippen molar-refractivity contribution >= 4 is 6.29 Å². The molecule has 0 unspecified atom stereocenters. The fraction of sp³-hybridized carbons (Fsp3) is 0.923. The maximum atomic E-state index is 9.90. The first-order valence-corrected chi connectivity index (χ1v) is 6.73. The molecular weight excluding hydrogens is 234 g/mol. The van der Waals surface area contributed by atoms with Crippen LogP contribution in [-0.2, 0) is 19.0 Å². The van der Waals surface area contributed by atoms with Crippen molar-refractivity contribution in [2.24, 2.45) is 0 Å². The largest absolute Gasteiger partial charge is 0.379 e. The van der Waals surface area contributed by atoms with Crippen LogP contribution in [0.2, 0.25) is 0 Å². The standard InChI is InChI=1S/C11H23NO4.C2H6/c1-12-4-2-3-6-14-8-10-16-11-9-15-7-5-13;1-2/h5,12H,2-4,6-11H2,1H3;1-2H3. The van der Waals surface area contributed by atoms with Crippen LogP contribution in [0.15, 0.2) is 0 Å². The van der Waals surface area contributed by atoms with Crippen LogP contribution < -0.4 is 5.32 Å². The molecular formula is C13H29NO4. The smallest absolute Gasteiger partial charge is 0.145 e. The molecule has 0 aromatic rings. The number of unbranched alkanes of at least 4 members (excludes halogenated alkanes) is 1. The first kappa shape index (κ1) is 19.8. The van der Waals surface area contributed by atoms with Gasteiger partial charge < -0.3 is 24.3 Å². The zero-order chi connectivity index (χ0) is 13.9. The molecule has 0 saturated carbocycles. The number of carbonyl (C=O) groups is 1. The molecule has 0 spiro atoms. The minimum Gasteiger partial charge on any atom is -0.379 e. The Balaban J connectivity index is 0. The van der Waals surface area contributed by atoms with E-state index in [1.165, 1.54) is 0 Å². The van der Waals surface area contributed by atoms with E-state index < -0.39 is 0 Å². The van der Waals surface area contributed by atoms with Crippen molar-refractivity contribution in [1.29, 1.82) is 0 Å². The minimum absolute atomic E-state index is 0.144. The van der Waals surface area contributed by atoms with Gasteiger partial charge in [0, 0.05) is 6.61 Å². The third-order valence-corrected chi connectivity index (χ3v) is 1.90. The Morgan fingerprint density at radius 1 is 0.889 bits per heavy atom. The van der Waals surface area contributed by atoms with Crippen LogP contribution >= 0.6 is 0 Å². The van der Waals surface area contributed by atoms with Gasteiger partial charge in [0.1, 0.15) is 12.9 Å². The number of rotatable bonds is 13. The van der Waals surface area contributed by atoms with Gasteiger partial charge in [0.05, 0.1) is 26.4 Å². The second-order valence-corrected chi connectivity index (χ2v) is 3.28. The number of aldehydes is 1. The zero-order valence-corrected chi connectivity index (χ0v) is 12.1. The minimum atomic E-state index is 0.144. The molecule has 0 bridgehead atoms. The first-order valence-electron chi connectivity index (χ1n) is 6.73. The summed E-state index contributed by atoms with van der Waals surface area (Å²) in [5.41, 5.74) is 0. The molecule has 5 heteroatoms. The van der Waals surface area contributed by atoms with E-state index in [4.69, 9.17) is 14.2 Å².